The predicted octanol–water partition coefficient (Wildman–Crippen LogP) is 3.14. The van der Waals surface area contributed by atoms with E-state index in [1.54, 1.807) is 0 Å². The Morgan fingerprint density at radius 3 is 2.80 bits per heavy atom. The van der Waals surface area contributed by atoms with Crippen LogP contribution >= 0.6 is 0 Å². The van der Waals surface area contributed by atoms with Gasteiger partial charge in [-0.05, 0) is 39.2 Å². The van der Waals surface area contributed by atoms with Crippen LogP contribution in [0, 0.1) is 19.3 Å². The summed E-state index contributed by atoms with van der Waals surface area (Å²) >= 11 is 0. The molecule has 0 radical (unpaired) electrons. The maximum Gasteiger partial charge on any atom is 0.126 e. The van der Waals surface area contributed by atoms with Gasteiger partial charge in [0, 0.05) is 18.3 Å². The highest BCUT2D eigenvalue weighted by atomic mass is 15.2. The largest absolute Gasteiger partial charge is 0.384 e. The zero-order valence-corrected chi connectivity index (χ0v) is 12.9. The summed E-state index contributed by atoms with van der Waals surface area (Å²) in [5.74, 6) is 0.129. The number of anilines is 1. The van der Waals surface area contributed by atoms with Crippen LogP contribution in [0.15, 0.2) is 6.07 Å². The molecule has 1 unspecified atom stereocenters. The van der Waals surface area contributed by atoms with Crippen LogP contribution in [0.4, 0.5) is 5.69 Å². The van der Waals surface area contributed by atoms with Crippen LogP contribution in [-0.2, 0) is 0 Å². The van der Waals surface area contributed by atoms with Crippen LogP contribution in [0.5, 0.6) is 0 Å². The molecule has 0 amide bonds. The van der Waals surface area contributed by atoms with Crippen LogP contribution < -0.4 is 10.6 Å². The summed E-state index contributed by atoms with van der Waals surface area (Å²) in [5, 5.41) is 7.89. The number of nitrogens with two attached hydrogens (primary N) is 1. The molecule has 1 atom stereocenters. The fraction of sp³-hybridized carbons (Fsp3) is 0.625. The van der Waals surface area contributed by atoms with E-state index in [-0.39, 0.29) is 5.84 Å². The van der Waals surface area contributed by atoms with Gasteiger partial charge in [0.15, 0.2) is 0 Å². The lowest BCUT2D eigenvalue weighted by molar-refractivity contribution is 0.555. The molecule has 1 aromatic rings. The molecule has 1 aliphatic heterocycles. The third-order valence-electron chi connectivity index (χ3n) is 4.23. The molecule has 4 nitrogen and oxygen atoms in total. The van der Waals surface area contributed by atoms with Crippen LogP contribution in [0.2, 0.25) is 0 Å². The van der Waals surface area contributed by atoms with E-state index >= 15 is 0 Å². The van der Waals surface area contributed by atoms with Crippen molar-refractivity contribution in [1.82, 2.24) is 4.98 Å². The first-order valence-electron chi connectivity index (χ1n) is 7.63. The Labute approximate surface area is 121 Å². The monoisotopic (exact) mass is 274 g/mol. The van der Waals surface area contributed by atoms with Gasteiger partial charge in [0.1, 0.15) is 5.84 Å². The van der Waals surface area contributed by atoms with Crippen molar-refractivity contribution in [2.75, 3.05) is 11.4 Å². The van der Waals surface area contributed by atoms with E-state index in [9.17, 15) is 0 Å². The highest BCUT2D eigenvalue weighted by molar-refractivity contribution is 6.01. The number of hydrogen-bond acceptors (Lipinski definition) is 3. The van der Waals surface area contributed by atoms with Gasteiger partial charge in [-0.1, -0.05) is 19.8 Å². The molecule has 0 aliphatic carbocycles. The van der Waals surface area contributed by atoms with Gasteiger partial charge >= 0.3 is 0 Å². The van der Waals surface area contributed by atoms with E-state index < -0.39 is 0 Å². The number of nitrogen functional groups attached to an aromatic ring is 1. The second kappa shape index (κ2) is 6.25. The Hall–Kier alpha value is -1.58. The molecule has 1 fully saturated rings. The number of pyridine rings is 1. The van der Waals surface area contributed by atoms with Gasteiger partial charge < -0.3 is 10.6 Å². The first-order chi connectivity index (χ1) is 9.54. The lowest BCUT2D eigenvalue weighted by atomic mass is 10.0. The molecule has 0 bridgehead atoms. The molecule has 2 rings (SSSR count). The third-order valence-corrected chi connectivity index (χ3v) is 4.23. The van der Waals surface area contributed by atoms with Gasteiger partial charge in [-0.15, -0.1) is 0 Å². The number of nitrogens with zero attached hydrogens (tertiary/aromatic N) is 2. The minimum atomic E-state index is 0.129. The van der Waals surface area contributed by atoms with E-state index in [4.69, 9.17) is 11.1 Å². The minimum absolute atomic E-state index is 0.129. The van der Waals surface area contributed by atoms with E-state index in [2.05, 4.69) is 22.9 Å². The molecule has 4 heteroatoms. The zero-order valence-electron chi connectivity index (χ0n) is 12.9. The average molecular weight is 274 g/mol. The Morgan fingerprint density at radius 1 is 1.40 bits per heavy atom. The maximum atomic E-state index is 7.89. The van der Waals surface area contributed by atoms with Crippen LogP contribution in [0.25, 0.3) is 0 Å². The first kappa shape index (κ1) is 14.8. The van der Waals surface area contributed by atoms with Crippen molar-refractivity contribution in [3.63, 3.8) is 0 Å². The molecule has 0 saturated carbocycles. The van der Waals surface area contributed by atoms with Crippen molar-refractivity contribution in [2.24, 2.45) is 5.73 Å². The van der Waals surface area contributed by atoms with Crippen molar-refractivity contribution in [3.05, 3.63) is 23.0 Å². The smallest absolute Gasteiger partial charge is 0.126 e. The molecule has 3 N–H and O–H groups in total. The van der Waals surface area contributed by atoms with Crippen molar-refractivity contribution in [3.8, 4) is 0 Å². The quantitative estimate of drug-likeness (QED) is 0.657. The standard InChI is InChI=1S/C16H26N4/c1-4-13-8-6-5-7-9-20(13)14-10-11(2)19-12(3)15(14)16(17)18/h10,13H,4-9H2,1-3H3,(H3,17,18). The van der Waals surface area contributed by atoms with Crippen LogP contribution in [0.3, 0.4) is 0 Å². The first-order valence-corrected chi connectivity index (χ1v) is 7.63. The van der Waals surface area contributed by atoms with E-state index in [1.807, 2.05) is 13.8 Å². The lowest BCUT2D eigenvalue weighted by Crippen LogP contribution is -2.36. The van der Waals surface area contributed by atoms with Crippen molar-refractivity contribution >= 4 is 11.5 Å². The maximum absolute atomic E-state index is 7.89. The zero-order chi connectivity index (χ0) is 14.7. The second-order valence-corrected chi connectivity index (χ2v) is 5.76. The van der Waals surface area contributed by atoms with E-state index in [0.717, 1.165) is 35.6 Å². The summed E-state index contributed by atoms with van der Waals surface area (Å²) in [5.41, 5.74) is 9.61. The number of rotatable bonds is 3. The SMILES string of the molecule is CCC1CCCCCN1c1cc(C)nc(C)c1C(=N)N. The second-order valence-electron chi connectivity index (χ2n) is 5.76. The molecular formula is C16H26N4. The third kappa shape index (κ3) is 2.94. The normalized spacial score (nSPS) is 19.8. The van der Waals surface area contributed by atoms with Crippen molar-refractivity contribution in [2.45, 2.75) is 58.9 Å². The summed E-state index contributed by atoms with van der Waals surface area (Å²) in [6.45, 7) is 7.27. The summed E-state index contributed by atoms with van der Waals surface area (Å²) < 4.78 is 0. The lowest BCUT2D eigenvalue weighted by Gasteiger charge is -2.33. The fourth-order valence-corrected chi connectivity index (χ4v) is 3.29. The van der Waals surface area contributed by atoms with E-state index in [1.165, 1.54) is 25.7 Å². The van der Waals surface area contributed by atoms with Gasteiger partial charge in [0.05, 0.1) is 16.9 Å². The molecule has 1 aromatic heterocycles. The number of nitrogens with one attached hydrogen (secondary N) is 1. The van der Waals surface area contributed by atoms with Gasteiger partial charge in [-0.2, -0.15) is 0 Å². The van der Waals surface area contributed by atoms with Crippen molar-refractivity contribution < 1.29 is 0 Å². The van der Waals surface area contributed by atoms with E-state index in [0.29, 0.717) is 6.04 Å². The Bertz CT molecular complexity index is 495. The summed E-state index contributed by atoms with van der Waals surface area (Å²) in [6, 6.07) is 2.65. The molecule has 1 aliphatic rings. The summed E-state index contributed by atoms with van der Waals surface area (Å²) in [6.07, 6.45) is 6.18. The number of hydrogen-bond donors (Lipinski definition) is 2. The Balaban J connectivity index is 2.50. The fourth-order valence-electron chi connectivity index (χ4n) is 3.29. The molecular weight excluding hydrogens is 248 g/mol. The van der Waals surface area contributed by atoms with Crippen LogP contribution in [0.1, 0.15) is 56.0 Å². The van der Waals surface area contributed by atoms with Gasteiger partial charge in [-0.25, -0.2) is 0 Å². The highest BCUT2D eigenvalue weighted by Crippen LogP contribution is 2.30. The Kier molecular flexibility index (Phi) is 4.63. The van der Waals surface area contributed by atoms with Crippen LogP contribution in [-0.4, -0.2) is 23.4 Å². The number of aromatic nitrogens is 1. The average Bonchev–Trinajstić information content (AvgIpc) is 2.61. The molecule has 110 valence electrons. The topological polar surface area (TPSA) is 66.0 Å². The predicted molar refractivity (Wildman–Crippen MR) is 84.6 cm³/mol. The van der Waals surface area contributed by atoms with Gasteiger partial charge in [0.2, 0.25) is 0 Å². The number of amidine groups is 1. The summed E-state index contributed by atoms with van der Waals surface area (Å²) in [4.78, 5) is 6.94. The van der Waals surface area contributed by atoms with Crippen molar-refractivity contribution in [1.29, 1.82) is 5.41 Å². The highest BCUT2D eigenvalue weighted by Gasteiger charge is 2.24. The molecule has 2 heterocycles. The molecule has 0 spiro atoms. The Morgan fingerprint density at radius 2 is 2.15 bits per heavy atom. The number of aryl methyl sites for hydroxylation is 2. The molecule has 0 aromatic carbocycles. The van der Waals surface area contributed by atoms with Gasteiger partial charge in [0.25, 0.3) is 0 Å². The van der Waals surface area contributed by atoms with Gasteiger partial charge in [-0.3, -0.25) is 10.4 Å². The molecule has 20 heavy (non-hydrogen) atoms. The molecule has 1 saturated heterocycles. The minimum Gasteiger partial charge on any atom is -0.384 e. The summed E-state index contributed by atoms with van der Waals surface area (Å²) in [7, 11) is 0.